The lowest BCUT2D eigenvalue weighted by Crippen LogP contribution is -2.59. The van der Waals surface area contributed by atoms with E-state index in [-0.39, 0.29) is 25.2 Å². The average Bonchev–Trinajstić information content (AvgIpc) is 3.37. The number of carboxylic acid groups (broad SMARTS) is 1. The third-order valence-corrected chi connectivity index (χ3v) is 7.18. The number of aliphatic carboxylic acids is 1. The number of para-hydroxylation sites is 1. The number of aromatic nitrogens is 1. The molecule has 0 saturated heterocycles. The van der Waals surface area contributed by atoms with Crippen LogP contribution in [0.15, 0.2) is 60.8 Å². The molecule has 4 atom stereocenters. The van der Waals surface area contributed by atoms with Crippen molar-refractivity contribution in [3.63, 3.8) is 0 Å². The van der Waals surface area contributed by atoms with E-state index in [1.54, 1.807) is 20.0 Å². The van der Waals surface area contributed by atoms with E-state index in [1.807, 2.05) is 54.6 Å². The highest BCUT2D eigenvalue weighted by Gasteiger charge is 2.32. The van der Waals surface area contributed by atoms with Crippen LogP contribution >= 0.6 is 0 Å². The molecule has 9 N–H and O–H groups in total. The van der Waals surface area contributed by atoms with Gasteiger partial charge in [-0.05, 0) is 55.3 Å². The highest BCUT2D eigenvalue weighted by molar-refractivity contribution is 5.95. The zero-order chi connectivity index (χ0) is 30.6. The van der Waals surface area contributed by atoms with Gasteiger partial charge in [0, 0.05) is 23.5 Å². The minimum absolute atomic E-state index is 0.142. The molecule has 0 spiro atoms. The first-order valence-corrected chi connectivity index (χ1v) is 14.3. The van der Waals surface area contributed by atoms with E-state index in [0.717, 1.165) is 22.0 Å². The summed E-state index contributed by atoms with van der Waals surface area (Å²) < 4.78 is 0. The molecule has 3 rings (SSSR count). The number of amides is 3. The third-order valence-electron chi connectivity index (χ3n) is 7.18. The van der Waals surface area contributed by atoms with Crippen molar-refractivity contribution >= 4 is 34.6 Å². The SMILES string of the molecule is CC(C)C(NC(=O)C(Cc1c[nH]c2ccccc12)NC(=O)C(N)Cc1ccccc1)C(=O)NC(CCCCN)C(=O)O. The molecule has 0 aliphatic rings. The standard InChI is InChI=1S/C31H42N6O5/c1-19(2)27(30(40)35-25(31(41)42)14-8-9-15-32)37-29(39)26(17-21-18-34-24-13-7-6-12-22(21)24)36-28(38)23(33)16-20-10-4-3-5-11-20/h3-7,10-13,18-19,23,25-27,34H,8-9,14-17,32-33H2,1-2H3,(H,35,40)(H,36,38)(H,37,39)(H,41,42). The Morgan fingerprint density at radius 3 is 2.17 bits per heavy atom. The number of H-pyrrole nitrogens is 1. The van der Waals surface area contributed by atoms with Gasteiger partial charge in [-0.15, -0.1) is 0 Å². The van der Waals surface area contributed by atoms with Crippen LogP contribution < -0.4 is 27.4 Å². The van der Waals surface area contributed by atoms with Gasteiger partial charge in [0.1, 0.15) is 18.1 Å². The van der Waals surface area contributed by atoms with Gasteiger partial charge < -0.3 is 37.5 Å². The predicted octanol–water partition coefficient (Wildman–Crippen LogP) is 1.60. The molecular formula is C31H42N6O5. The molecule has 11 heteroatoms. The van der Waals surface area contributed by atoms with Gasteiger partial charge in [-0.1, -0.05) is 62.4 Å². The van der Waals surface area contributed by atoms with Crippen molar-refractivity contribution in [2.24, 2.45) is 17.4 Å². The van der Waals surface area contributed by atoms with Crippen LogP contribution in [0.4, 0.5) is 0 Å². The van der Waals surface area contributed by atoms with Crippen molar-refractivity contribution in [1.29, 1.82) is 0 Å². The Hall–Kier alpha value is -4.22. The maximum Gasteiger partial charge on any atom is 0.326 e. The van der Waals surface area contributed by atoms with Gasteiger partial charge in [0.25, 0.3) is 0 Å². The van der Waals surface area contributed by atoms with Crippen LogP contribution in [0.25, 0.3) is 10.9 Å². The van der Waals surface area contributed by atoms with Crippen LogP contribution in [-0.2, 0) is 32.0 Å². The third kappa shape index (κ3) is 9.15. The Labute approximate surface area is 245 Å². The Kier molecular flexibility index (Phi) is 12.1. The zero-order valence-corrected chi connectivity index (χ0v) is 24.1. The van der Waals surface area contributed by atoms with E-state index in [9.17, 15) is 24.3 Å². The molecule has 1 aromatic heterocycles. The normalized spacial score (nSPS) is 14.1. The van der Waals surface area contributed by atoms with Crippen LogP contribution in [0.2, 0.25) is 0 Å². The van der Waals surface area contributed by atoms with E-state index < -0.39 is 47.9 Å². The maximum absolute atomic E-state index is 13.7. The van der Waals surface area contributed by atoms with Crippen molar-refractivity contribution in [2.75, 3.05) is 6.54 Å². The van der Waals surface area contributed by atoms with Crippen molar-refractivity contribution in [3.05, 3.63) is 71.9 Å². The number of carbonyl (C=O) groups excluding carboxylic acids is 3. The molecule has 42 heavy (non-hydrogen) atoms. The van der Waals surface area contributed by atoms with Crippen molar-refractivity contribution in [1.82, 2.24) is 20.9 Å². The number of hydrogen-bond acceptors (Lipinski definition) is 6. The second-order valence-corrected chi connectivity index (χ2v) is 10.8. The van der Waals surface area contributed by atoms with Gasteiger partial charge in [-0.3, -0.25) is 14.4 Å². The molecule has 4 unspecified atom stereocenters. The lowest BCUT2D eigenvalue weighted by atomic mass is 9.99. The summed E-state index contributed by atoms with van der Waals surface area (Å²) in [4.78, 5) is 55.0. The van der Waals surface area contributed by atoms with Gasteiger partial charge in [0.2, 0.25) is 17.7 Å². The first-order chi connectivity index (χ1) is 20.1. The molecule has 0 aliphatic carbocycles. The molecule has 0 fully saturated rings. The number of unbranched alkanes of at least 4 members (excludes halogenated alkanes) is 1. The molecule has 2 aromatic carbocycles. The summed E-state index contributed by atoms with van der Waals surface area (Å²) in [5, 5.41) is 18.6. The Bertz CT molecular complexity index is 1340. The maximum atomic E-state index is 13.7. The Morgan fingerprint density at radius 2 is 1.50 bits per heavy atom. The Morgan fingerprint density at radius 1 is 0.833 bits per heavy atom. The van der Waals surface area contributed by atoms with Crippen LogP contribution in [-0.4, -0.2) is 64.5 Å². The number of rotatable bonds is 16. The van der Waals surface area contributed by atoms with E-state index in [0.29, 0.717) is 19.4 Å². The molecular weight excluding hydrogens is 536 g/mol. The molecule has 0 saturated carbocycles. The van der Waals surface area contributed by atoms with Gasteiger partial charge in [-0.25, -0.2) is 4.79 Å². The highest BCUT2D eigenvalue weighted by Crippen LogP contribution is 2.19. The highest BCUT2D eigenvalue weighted by atomic mass is 16.4. The molecule has 3 amide bonds. The summed E-state index contributed by atoms with van der Waals surface area (Å²) in [5.41, 5.74) is 14.3. The molecule has 0 aliphatic heterocycles. The summed E-state index contributed by atoms with van der Waals surface area (Å²) in [7, 11) is 0. The summed E-state index contributed by atoms with van der Waals surface area (Å²) in [6.07, 6.45) is 3.59. The first kappa shape index (κ1) is 32.3. The predicted molar refractivity (Wildman–Crippen MR) is 161 cm³/mol. The van der Waals surface area contributed by atoms with E-state index in [4.69, 9.17) is 11.5 Å². The summed E-state index contributed by atoms with van der Waals surface area (Å²) in [5.74, 6) is -3.22. The number of carbonyl (C=O) groups is 4. The number of carboxylic acids is 1. The minimum Gasteiger partial charge on any atom is -0.480 e. The largest absolute Gasteiger partial charge is 0.480 e. The number of hydrogen-bond donors (Lipinski definition) is 7. The van der Waals surface area contributed by atoms with Crippen molar-refractivity contribution in [2.45, 2.75) is 70.1 Å². The van der Waals surface area contributed by atoms with Gasteiger partial charge >= 0.3 is 5.97 Å². The summed E-state index contributed by atoms with van der Waals surface area (Å²) in [6, 6.07) is 12.8. The minimum atomic E-state index is -1.16. The number of fused-ring (bicyclic) bond motifs is 1. The van der Waals surface area contributed by atoms with E-state index >= 15 is 0 Å². The molecule has 1 heterocycles. The summed E-state index contributed by atoms with van der Waals surface area (Å²) >= 11 is 0. The van der Waals surface area contributed by atoms with E-state index in [1.165, 1.54) is 0 Å². The van der Waals surface area contributed by atoms with Crippen LogP contribution in [0, 0.1) is 5.92 Å². The quantitative estimate of drug-likeness (QED) is 0.125. The van der Waals surface area contributed by atoms with E-state index in [2.05, 4.69) is 20.9 Å². The van der Waals surface area contributed by atoms with Crippen molar-refractivity contribution < 1.29 is 24.3 Å². The molecule has 226 valence electrons. The first-order valence-electron chi connectivity index (χ1n) is 14.3. The zero-order valence-electron chi connectivity index (χ0n) is 24.1. The second-order valence-electron chi connectivity index (χ2n) is 10.8. The monoisotopic (exact) mass is 578 g/mol. The smallest absolute Gasteiger partial charge is 0.326 e. The fourth-order valence-corrected chi connectivity index (χ4v) is 4.77. The Balaban J connectivity index is 1.79. The lowest BCUT2D eigenvalue weighted by molar-refractivity contribution is -0.142. The number of nitrogens with two attached hydrogens (primary N) is 2. The number of aromatic amines is 1. The summed E-state index contributed by atoms with van der Waals surface area (Å²) in [6.45, 7) is 3.92. The second kappa shape index (κ2) is 15.7. The molecule has 0 bridgehead atoms. The average molecular weight is 579 g/mol. The fraction of sp³-hybridized carbons (Fsp3) is 0.419. The van der Waals surface area contributed by atoms with Crippen LogP contribution in [0.1, 0.15) is 44.2 Å². The molecule has 3 aromatic rings. The number of benzene rings is 2. The van der Waals surface area contributed by atoms with Crippen LogP contribution in [0.5, 0.6) is 0 Å². The lowest BCUT2D eigenvalue weighted by Gasteiger charge is -2.27. The molecule has 0 radical (unpaired) electrons. The fourth-order valence-electron chi connectivity index (χ4n) is 4.77. The van der Waals surface area contributed by atoms with Gasteiger partial charge in [0.15, 0.2) is 0 Å². The van der Waals surface area contributed by atoms with Crippen LogP contribution in [0.3, 0.4) is 0 Å². The van der Waals surface area contributed by atoms with Crippen molar-refractivity contribution in [3.8, 4) is 0 Å². The van der Waals surface area contributed by atoms with Gasteiger partial charge in [0.05, 0.1) is 6.04 Å². The number of nitrogens with one attached hydrogen (secondary N) is 4. The van der Waals surface area contributed by atoms with Gasteiger partial charge in [-0.2, -0.15) is 0 Å². The molecule has 11 nitrogen and oxygen atoms in total. The topological polar surface area (TPSA) is 192 Å².